The molecule has 0 aromatic heterocycles. The lowest BCUT2D eigenvalue weighted by Gasteiger charge is -2.38. The number of benzene rings is 2. The number of carbonyl (C=O) groups is 2. The van der Waals surface area contributed by atoms with Crippen LogP contribution in [0, 0.1) is 5.82 Å². The fraction of sp³-hybridized carbons (Fsp3) is 0.393. The quantitative estimate of drug-likeness (QED) is 0.336. The summed E-state index contributed by atoms with van der Waals surface area (Å²) < 4.78 is 18.6. The number of hydrogen-bond donors (Lipinski definition) is 2. The molecule has 0 saturated carbocycles. The molecular formula is C28H34FN3O5S. The van der Waals surface area contributed by atoms with Crippen LogP contribution in [0.4, 0.5) is 10.1 Å². The largest absolute Gasteiger partial charge is 0.494 e. The van der Waals surface area contributed by atoms with Crippen LogP contribution in [0.2, 0.25) is 0 Å². The van der Waals surface area contributed by atoms with Crippen LogP contribution in [0.15, 0.2) is 65.7 Å². The van der Waals surface area contributed by atoms with E-state index in [1.807, 2.05) is 11.8 Å². The molecule has 204 valence electrons. The highest BCUT2D eigenvalue weighted by Crippen LogP contribution is 2.32. The highest BCUT2D eigenvalue weighted by atomic mass is 32.2. The second-order valence-electron chi connectivity index (χ2n) is 9.01. The number of likely N-dealkylation sites (tertiary alicyclic amines) is 1. The minimum absolute atomic E-state index is 0.227. The summed E-state index contributed by atoms with van der Waals surface area (Å²) in [4.78, 5) is 29.0. The maximum Gasteiger partial charge on any atom is 0.328 e. The number of fused-ring (bicyclic) bond motifs is 1. The number of ether oxygens (including phenoxy) is 1. The molecular weight excluding hydrogens is 509 g/mol. The van der Waals surface area contributed by atoms with Gasteiger partial charge in [-0.15, -0.1) is 0 Å². The molecule has 2 aliphatic heterocycles. The van der Waals surface area contributed by atoms with Crippen LogP contribution in [0.25, 0.3) is 0 Å². The lowest BCUT2D eigenvalue weighted by molar-refractivity contribution is -0.134. The van der Waals surface area contributed by atoms with Gasteiger partial charge in [-0.3, -0.25) is 0 Å². The standard InChI is InChI=1S/C24H30FN3OS.C4H4O4/c1-27(24-26-23-7-3-2-6-19(23)18-30-24)21-12-15-28(16-13-21)14-4-5-17-29-22-10-8-20(25)9-11-22;5-3(6)1-2-4(7)8/h2-3,6-11,21H,4-5,12-18H2,1H3;1-2H,(H,5,6)(H,7,8). The van der Waals surface area contributed by atoms with Crippen molar-refractivity contribution in [1.29, 1.82) is 0 Å². The third-order valence-electron chi connectivity index (χ3n) is 6.29. The fourth-order valence-corrected chi connectivity index (χ4v) is 5.23. The van der Waals surface area contributed by atoms with E-state index in [4.69, 9.17) is 19.9 Å². The molecule has 0 bridgehead atoms. The Morgan fingerprint density at radius 1 is 1.08 bits per heavy atom. The predicted octanol–water partition coefficient (Wildman–Crippen LogP) is 5.03. The molecule has 0 spiro atoms. The molecule has 2 aliphatic rings. The summed E-state index contributed by atoms with van der Waals surface area (Å²) in [5, 5.41) is 16.8. The normalized spacial score (nSPS) is 15.7. The van der Waals surface area contributed by atoms with Gasteiger partial charge in [0.25, 0.3) is 0 Å². The van der Waals surface area contributed by atoms with Crippen molar-refractivity contribution >= 4 is 34.6 Å². The van der Waals surface area contributed by atoms with Gasteiger partial charge in [0, 0.05) is 44.1 Å². The number of carboxylic acids is 2. The molecule has 2 N–H and O–H groups in total. The Bertz CT molecular complexity index is 1100. The molecule has 38 heavy (non-hydrogen) atoms. The Kier molecular flexibility index (Phi) is 11.6. The van der Waals surface area contributed by atoms with Crippen molar-refractivity contribution in [2.75, 3.05) is 33.3 Å². The van der Waals surface area contributed by atoms with E-state index in [0.29, 0.717) is 24.8 Å². The van der Waals surface area contributed by atoms with E-state index >= 15 is 0 Å². The van der Waals surface area contributed by atoms with Gasteiger partial charge in [0.1, 0.15) is 11.6 Å². The van der Waals surface area contributed by atoms with Gasteiger partial charge in [-0.2, -0.15) is 0 Å². The van der Waals surface area contributed by atoms with Crippen molar-refractivity contribution in [2.24, 2.45) is 4.99 Å². The Labute approximate surface area is 226 Å². The summed E-state index contributed by atoms with van der Waals surface area (Å²) in [5.41, 5.74) is 2.45. The Morgan fingerprint density at radius 3 is 2.39 bits per heavy atom. The van der Waals surface area contributed by atoms with Crippen molar-refractivity contribution in [3.63, 3.8) is 0 Å². The number of amidine groups is 1. The van der Waals surface area contributed by atoms with Crippen LogP contribution in [0.5, 0.6) is 5.75 Å². The van der Waals surface area contributed by atoms with Crippen molar-refractivity contribution in [2.45, 2.75) is 37.5 Å². The van der Waals surface area contributed by atoms with Gasteiger partial charge in [-0.25, -0.2) is 19.0 Å². The van der Waals surface area contributed by atoms with Crippen molar-refractivity contribution in [3.8, 4) is 5.75 Å². The summed E-state index contributed by atoms with van der Waals surface area (Å²) in [6.07, 6.45) is 5.63. The highest BCUT2D eigenvalue weighted by Gasteiger charge is 2.26. The summed E-state index contributed by atoms with van der Waals surface area (Å²) >= 11 is 1.85. The molecule has 0 radical (unpaired) electrons. The number of thioether (sulfide) groups is 1. The van der Waals surface area contributed by atoms with E-state index in [9.17, 15) is 14.0 Å². The smallest absolute Gasteiger partial charge is 0.328 e. The first-order valence-electron chi connectivity index (χ1n) is 12.6. The second kappa shape index (κ2) is 15.1. The van der Waals surface area contributed by atoms with Crippen molar-refractivity contribution < 1.29 is 28.9 Å². The highest BCUT2D eigenvalue weighted by molar-refractivity contribution is 8.13. The molecule has 2 aromatic rings. The van der Waals surface area contributed by atoms with Gasteiger partial charge in [0.15, 0.2) is 5.17 Å². The third-order valence-corrected chi connectivity index (χ3v) is 7.38. The molecule has 0 amide bonds. The molecule has 8 nitrogen and oxygen atoms in total. The molecule has 1 fully saturated rings. The number of para-hydroxylation sites is 1. The van der Waals surface area contributed by atoms with Crippen LogP contribution >= 0.6 is 11.8 Å². The second-order valence-corrected chi connectivity index (χ2v) is 9.96. The van der Waals surface area contributed by atoms with E-state index in [0.717, 1.165) is 54.8 Å². The number of rotatable bonds is 9. The van der Waals surface area contributed by atoms with E-state index < -0.39 is 11.9 Å². The van der Waals surface area contributed by atoms with Gasteiger partial charge in [0.2, 0.25) is 0 Å². The molecule has 2 heterocycles. The van der Waals surface area contributed by atoms with Crippen LogP contribution in [-0.4, -0.2) is 76.4 Å². The molecule has 0 aliphatic carbocycles. The monoisotopic (exact) mass is 543 g/mol. The van der Waals surface area contributed by atoms with Crippen LogP contribution in [-0.2, 0) is 15.3 Å². The van der Waals surface area contributed by atoms with Gasteiger partial charge in [-0.05, 0) is 68.1 Å². The summed E-state index contributed by atoms with van der Waals surface area (Å²) in [6.45, 7) is 4.08. The predicted molar refractivity (Wildman–Crippen MR) is 148 cm³/mol. The topological polar surface area (TPSA) is 103 Å². The Morgan fingerprint density at radius 2 is 1.74 bits per heavy atom. The third kappa shape index (κ3) is 9.83. The first kappa shape index (κ1) is 29.2. The molecule has 0 atom stereocenters. The van der Waals surface area contributed by atoms with E-state index in [1.165, 1.54) is 30.5 Å². The van der Waals surface area contributed by atoms with Gasteiger partial charge in [0.05, 0.1) is 12.3 Å². The lowest BCUT2D eigenvalue weighted by atomic mass is 10.0. The van der Waals surface area contributed by atoms with Crippen molar-refractivity contribution in [1.82, 2.24) is 9.80 Å². The molecule has 0 unspecified atom stereocenters. The maximum absolute atomic E-state index is 12.9. The number of piperidine rings is 1. The molecule has 10 heteroatoms. The summed E-state index contributed by atoms with van der Waals surface area (Å²) in [6, 6.07) is 15.3. The average molecular weight is 544 g/mol. The Balaban J connectivity index is 0.000000436. The number of aliphatic carboxylic acids is 2. The summed E-state index contributed by atoms with van der Waals surface area (Å²) in [7, 11) is 2.20. The minimum atomic E-state index is -1.26. The number of hydrogen-bond acceptors (Lipinski definition) is 7. The maximum atomic E-state index is 12.9. The first-order valence-corrected chi connectivity index (χ1v) is 13.6. The first-order chi connectivity index (χ1) is 18.3. The minimum Gasteiger partial charge on any atom is -0.494 e. The fourth-order valence-electron chi connectivity index (χ4n) is 4.19. The number of unbranched alkanes of at least 4 members (excludes halogenated alkanes) is 1. The molecule has 2 aromatic carbocycles. The van der Waals surface area contributed by atoms with E-state index in [2.05, 4.69) is 41.1 Å². The molecule has 4 rings (SSSR count). The Hall–Kier alpha value is -3.37. The zero-order valence-corrected chi connectivity index (χ0v) is 22.3. The van der Waals surface area contributed by atoms with Crippen LogP contribution in [0.1, 0.15) is 31.2 Å². The zero-order valence-electron chi connectivity index (χ0n) is 21.5. The van der Waals surface area contributed by atoms with Gasteiger partial charge >= 0.3 is 11.9 Å². The van der Waals surface area contributed by atoms with E-state index in [1.54, 1.807) is 12.1 Å². The zero-order chi connectivity index (χ0) is 27.3. The van der Waals surface area contributed by atoms with Gasteiger partial charge < -0.3 is 24.7 Å². The SMILES string of the molecule is CN(C1=Nc2ccccc2CS1)C1CCN(CCCCOc2ccc(F)cc2)CC1.O=C(O)C=CC(=O)O. The summed E-state index contributed by atoms with van der Waals surface area (Å²) in [5.74, 6) is -0.986. The lowest BCUT2D eigenvalue weighted by Crippen LogP contribution is -2.45. The number of nitrogens with zero attached hydrogens (tertiary/aromatic N) is 3. The number of aliphatic imine (C=N–C) groups is 1. The van der Waals surface area contributed by atoms with Gasteiger partial charge in [-0.1, -0.05) is 30.0 Å². The number of halogens is 1. The van der Waals surface area contributed by atoms with Crippen LogP contribution < -0.4 is 4.74 Å². The van der Waals surface area contributed by atoms with Crippen LogP contribution in [0.3, 0.4) is 0 Å². The number of carboxylic acid groups (broad SMARTS) is 2. The van der Waals surface area contributed by atoms with Crippen molar-refractivity contribution in [3.05, 3.63) is 72.1 Å². The molecule has 1 saturated heterocycles. The average Bonchev–Trinajstić information content (AvgIpc) is 2.93. The van der Waals surface area contributed by atoms with E-state index in [-0.39, 0.29) is 5.82 Å².